The van der Waals surface area contributed by atoms with Crippen LogP contribution in [0.25, 0.3) is 0 Å². The van der Waals surface area contributed by atoms with Gasteiger partial charge in [0, 0.05) is 31.2 Å². The van der Waals surface area contributed by atoms with E-state index in [1.54, 1.807) is 13.0 Å². The summed E-state index contributed by atoms with van der Waals surface area (Å²) in [5.41, 5.74) is 0.773. The SMILES string of the molecule is CCOC(=O)c1nnn(Cc2ccccc2Cl)c1NC(=O)CN1CCN(C)CC1. The van der Waals surface area contributed by atoms with Crippen molar-refractivity contribution in [2.24, 2.45) is 0 Å². The molecule has 2 aromatic rings. The molecule has 0 saturated carbocycles. The zero-order chi connectivity index (χ0) is 20.8. The molecule has 1 saturated heterocycles. The normalized spacial score (nSPS) is 15.3. The summed E-state index contributed by atoms with van der Waals surface area (Å²) in [5, 5.41) is 11.3. The third-order valence-corrected chi connectivity index (χ3v) is 5.07. The lowest BCUT2D eigenvalue weighted by atomic mass is 10.2. The van der Waals surface area contributed by atoms with Crippen molar-refractivity contribution < 1.29 is 14.3 Å². The molecular weight excluding hydrogens is 396 g/mol. The van der Waals surface area contributed by atoms with Gasteiger partial charge >= 0.3 is 5.97 Å². The number of benzene rings is 1. The lowest BCUT2D eigenvalue weighted by Crippen LogP contribution is -2.47. The highest BCUT2D eigenvalue weighted by Crippen LogP contribution is 2.20. The lowest BCUT2D eigenvalue weighted by molar-refractivity contribution is -0.117. The number of aromatic nitrogens is 3. The van der Waals surface area contributed by atoms with Crippen molar-refractivity contribution in [3.8, 4) is 0 Å². The third-order valence-electron chi connectivity index (χ3n) is 4.70. The molecule has 0 radical (unpaired) electrons. The fourth-order valence-electron chi connectivity index (χ4n) is 3.05. The highest BCUT2D eigenvalue weighted by molar-refractivity contribution is 6.31. The van der Waals surface area contributed by atoms with E-state index in [0.717, 1.165) is 31.7 Å². The molecule has 10 heteroatoms. The summed E-state index contributed by atoms with van der Waals surface area (Å²) in [4.78, 5) is 29.2. The minimum absolute atomic E-state index is 0.0226. The first-order valence-corrected chi connectivity index (χ1v) is 9.90. The Kier molecular flexibility index (Phi) is 7.18. The average molecular weight is 421 g/mol. The van der Waals surface area contributed by atoms with E-state index >= 15 is 0 Å². The van der Waals surface area contributed by atoms with Gasteiger partial charge in [0.15, 0.2) is 5.82 Å². The van der Waals surface area contributed by atoms with Crippen LogP contribution in [-0.2, 0) is 16.1 Å². The molecule has 0 atom stereocenters. The van der Waals surface area contributed by atoms with Crippen molar-refractivity contribution in [2.75, 3.05) is 51.7 Å². The predicted octanol–water partition coefficient (Wildman–Crippen LogP) is 1.34. The van der Waals surface area contributed by atoms with E-state index in [1.165, 1.54) is 4.68 Å². The van der Waals surface area contributed by atoms with Crippen molar-refractivity contribution in [1.29, 1.82) is 0 Å². The molecule has 29 heavy (non-hydrogen) atoms. The number of anilines is 1. The summed E-state index contributed by atoms with van der Waals surface area (Å²) >= 11 is 6.24. The second-order valence-corrected chi connectivity index (χ2v) is 7.29. The molecule has 3 rings (SSSR count). The summed E-state index contributed by atoms with van der Waals surface area (Å²) in [5.74, 6) is -0.655. The molecule has 1 aliphatic rings. The second-order valence-electron chi connectivity index (χ2n) is 6.88. The average Bonchev–Trinajstić information content (AvgIpc) is 3.08. The van der Waals surface area contributed by atoms with Crippen LogP contribution in [0.2, 0.25) is 5.02 Å². The lowest BCUT2D eigenvalue weighted by Gasteiger charge is -2.31. The van der Waals surface area contributed by atoms with Gasteiger partial charge in [0.05, 0.1) is 19.7 Å². The first-order valence-electron chi connectivity index (χ1n) is 9.52. The van der Waals surface area contributed by atoms with E-state index < -0.39 is 5.97 Å². The van der Waals surface area contributed by atoms with Crippen molar-refractivity contribution in [1.82, 2.24) is 24.8 Å². The van der Waals surface area contributed by atoms with Crippen LogP contribution in [0.15, 0.2) is 24.3 Å². The number of hydrogen-bond acceptors (Lipinski definition) is 7. The Morgan fingerprint density at radius 1 is 1.21 bits per heavy atom. The molecule has 1 N–H and O–H groups in total. The number of rotatable bonds is 7. The fraction of sp³-hybridized carbons (Fsp3) is 0.474. The molecule has 0 bridgehead atoms. The molecule has 9 nitrogen and oxygen atoms in total. The first kappa shape index (κ1) is 21.2. The van der Waals surface area contributed by atoms with Crippen molar-refractivity contribution in [3.63, 3.8) is 0 Å². The van der Waals surface area contributed by atoms with Crippen molar-refractivity contribution in [2.45, 2.75) is 13.5 Å². The van der Waals surface area contributed by atoms with E-state index in [4.69, 9.17) is 16.3 Å². The number of nitrogens with zero attached hydrogens (tertiary/aromatic N) is 5. The smallest absolute Gasteiger partial charge is 0.362 e. The van der Waals surface area contributed by atoms with E-state index in [0.29, 0.717) is 5.02 Å². The highest BCUT2D eigenvalue weighted by Gasteiger charge is 2.24. The molecule has 1 aromatic carbocycles. The topological polar surface area (TPSA) is 92.6 Å². The molecule has 1 amide bonds. The molecular formula is C19H25ClN6O3. The number of nitrogens with one attached hydrogen (secondary N) is 1. The number of likely N-dealkylation sites (N-methyl/N-ethyl adjacent to an activating group) is 1. The Labute approximate surface area is 174 Å². The Hall–Kier alpha value is -2.49. The quantitative estimate of drug-likeness (QED) is 0.675. The van der Waals surface area contributed by atoms with Gasteiger partial charge in [-0.1, -0.05) is 35.0 Å². The van der Waals surface area contributed by atoms with Gasteiger partial charge in [-0.3, -0.25) is 9.69 Å². The van der Waals surface area contributed by atoms with Gasteiger partial charge in [-0.25, -0.2) is 9.48 Å². The summed E-state index contributed by atoms with van der Waals surface area (Å²) in [6, 6.07) is 7.31. The number of carbonyl (C=O) groups is 2. The predicted molar refractivity (Wildman–Crippen MR) is 109 cm³/mol. The standard InChI is InChI=1S/C19H25ClN6O3/c1-3-29-19(28)17-18(21-16(27)13-25-10-8-24(2)9-11-25)26(23-22-17)12-14-6-4-5-7-15(14)20/h4-7H,3,8-13H2,1-2H3,(H,21,27). The molecule has 0 aliphatic carbocycles. The largest absolute Gasteiger partial charge is 0.461 e. The molecule has 1 fully saturated rings. The van der Waals surface area contributed by atoms with E-state index in [2.05, 4.69) is 32.5 Å². The van der Waals surface area contributed by atoms with Crippen molar-refractivity contribution >= 4 is 29.3 Å². The number of piperazine rings is 1. The van der Waals surface area contributed by atoms with E-state index in [-0.39, 0.29) is 37.1 Å². The summed E-state index contributed by atoms with van der Waals surface area (Å²) in [6.07, 6.45) is 0. The summed E-state index contributed by atoms with van der Waals surface area (Å²) < 4.78 is 6.50. The van der Waals surface area contributed by atoms with Gasteiger partial charge in [0.1, 0.15) is 0 Å². The van der Waals surface area contributed by atoms with Crippen LogP contribution in [0.4, 0.5) is 5.82 Å². The van der Waals surface area contributed by atoms with E-state index in [9.17, 15) is 9.59 Å². The number of hydrogen-bond donors (Lipinski definition) is 1. The summed E-state index contributed by atoms with van der Waals surface area (Å²) in [7, 11) is 2.06. The van der Waals surface area contributed by atoms with Gasteiger partial charge in [-0.15, -0.1) is 5.10 Å². The monoisotopic (exact) mass is 420 g/mol. The van der Waals surface area contributed by atoms with E-state index in [1.807, 2.05) is 18.2 Å². The van der Waals surface area contributed by atoms with Gasteiger partial charge in [0.2, 0.25) is 11.6 Å². The maximum Gasteiger partial charge on any atom is 0.362 e. The highest BCUT2D eigenvalue weighted by atomic mass is 35.5. The zero-order valence-electron chi connectivity index (χ0n) is 16.6. The second kappa shape index (κ2) is 9.82. The maximum atomic E-state index is 12.7. The Morgan fingerprint density at radius 2 is 1.93 bits per heavy atom. The van der Waals surface area contributed by atoms with Gasteiger partial charge < -0.3 is 15.0 Å². The third kappa shape index (κ3) is 5.53. The van der Waals surface area contributed by atoms with Crippen LogP contribution in [0.5, 0.6) is 0 Å². The van der Waals surface area contributed by atoms with Gasteiger partial charge in [0.25, 0.3) is 0 Å². The molecule has 1 aromatic heterocycles. The van der Waals surface area contributed by atoms with Crippen molar-refractivity contribution in [3.05, 3.63) is 40.5 Å². The van der Waals surface area contributed by atoms with Crippen LogP contribution in [0.3, 0.4) is 0 Å². The van der Waals surface area contributed by atoms with Crippen LogP contribution >= 0.6 is 11.6 Å². The fourth-order valence-corrected chi connectivity index (χ4v) is 3.25. The Balaban J connectivity index is 1.78. The minimum Gasteiger partial charge on any atom is -0.461 e. The maximum absolute atomic E-state index is 12.7. The molecule has 2 heterocycles. The molecule has 0 spiro atoms. The van der Waals surface area contributed by atoms with Crippen LogP contribution in [0, 0.1) is 0 Å². The number of esters is 1. The summed E-state index contributed by atoms with van der Waals surface area (Å²) in [6.45, 7) is 5.84. The first-order chi connectivity index (χ1) is 14.0. The van der Waals surface area contributed by atoms with Crippen LogP contribution < -0.4 is 5.32 Å². The van der Waals surface area contributed by atoms with Gasteiger partial charge in [-0.05, 0) is 25.6 Å². The molecule has 0 unspecified atom stereocenters. The Bertz CT molecular complexity index is 863. The van der Waals surface area contributed by atoms with Crippen LogP contribution in [-0.4, -0.2) is 83.0 Å². The number of ether oxygens (including phenoxy) is 1. The molecule has 156 valence electrons. The Morgan fingerprint density at radius 3 is 2.62 bits per heavy atom. The van der Waals surface area contributed by atoms with Gasteiger partial charge in [-0.2, -0.15) is 0 Å². The number of carbonyl (C=O) groups excluding carboxylic acids is 2. The number of halogens is 1. The number of amides is 1. The molecule has 1 aliphatic heterocycles. The minimum atomic E-state index is -0.632. The zero-order valence-corrected chi connectivity index (χ0v) is 17.4. The van der Waals surface area contributed by atoms with Crippen LogP contribution in [0.1, 0.15) is 23.0 Å².